The van der Waals surface area contributed by atoms with Gasteiger partial charge in [0.05, 0.1) is 7.11 Å². The van der Waals surface area contributed by atoms with Crippen LogP contribution in [-0.4, -0.2) is 19.4 Å². The number of carbonyl (C=O) groups excluding carboxylic acids is 1. The topological polar surface area (TPSA) is 47.6 Å². The number of ether oxygens (including phenoxy) is 2. The van der Waals surface area contributed by atoms with Gasteiger partial charge in [-0.05, 0) is 48.0 Å². The van der Waals surface area contributed by atoms with Crippen molar-refractivity contribution in [2.45, 2.75) is 6.36 Å². The molecule has 0 saturated heterocycles. The minimum Gasteiger partial charge on any atom is -0.497 e. The van der Waals surface area contributed by atoms with Crippen molar-refractivity contribution in [2.24, 2.45) is 0 Å². The third-order valence-electron chi connectivity index (χ3n) is 2.90. The predicted octanol–water partition coefficient (Wildman–Crippen LogP) is 4.25. The predicted molar refractivity (Wildman–Crippen MR) is 83.8 cm³/mol. The summed E-state index contributed by atoms with van der Waals surface area (Å²) in [5.74, 6) is -0.0113. The molecule has 0 atom stereocenters. The Kier molecular flexibility index (Phi) is 5.47. The number of amides is 1. The molecule has 0 aliphatic carbocycles. The van der Waals surface area contributed by atoms with Crippen LogP contribution in [-0.2, 0) is 4.79 Å². The number of rotatable bonds is 5. The van der Waals surface area contributed by atoms with E-state index in [0.29, 0.717) is 17.0 Å². The van der Waals surface area contributed by atoms with Crippen LogP contribution in [0.4, 0.5) is 18.9 Å². The zero-order valence-corrected chi connectivity index (χ0v) is 12.6. The zero-order chi connectivity index (χ0) is 17.6. The van der Waals surface area contributed by atoms with E-state index in [1.54, 1.807) is 31.4 Å². The van der Waals surface area contributed by atoms with Crippen LogP contribution in [0.15, 0.2) is 54.6 Å². The van der Waals surface area contributed by atoms with E-state index >= 15 is 0 Å². The molecule has 7 heteroatoms. The Balaban J connectivity index is 1.93. The number of nitrogens with one attached hydrogen (secondary N) is 1. The van der Waals surface area contributed by atoms with E-state index in [9.17, 15) is 18.0 Å². The largest absolute Gasteiger partial charge is 0.573 e. The summed E-state index contributed by atoms with van der Waals surface area (Å²) in [6, 6.07) is 12.0. The van der Waals surface area contributed by atoms with Crippen LogP contribution in [0.3, 0.4) is 0 Å². The van der Waals surface area contributed by atoms with Crippen LogP contribution < -0.4 is 14.8 Å². The number of anilines is 1. The molecule has 0 radical (unpaired) electrons. The highest BCUT2D eigenvalue weighted by atomic mass is 19.4. The number of hydrogen-bond donors (Lipinski definition) is 1. The van der Waals surface area contributed by atoms with Gasteiger partial charge in [0.15, 0.2) is 0 Å². The summed E-state index contributed by atoms with van der Waals surface area (Å²) in [6.07, 6.45) is -1.96. The lowest BCUT2D eigenvalue weighted by Crippen LogP contribution is -2.16. The first-order valence-corrected chi connectivity index (χ1v) is 6.85. The van der Waals surface area contributed by atoms with Crippen molar-refractivity contribution in [1.29, 1.82) is 0 Å². The molecule has 2 aromatic rings. The van der Waals surface area contributed by atoms with Crippen molar-refractivity contribution in [3.05, 3.63) is 60.2 Å². The molecule has 24 heavy (non-hydrogen) atoms. The second-order valence-electron chi connectivity index (χ2n) is 4.67. The monoisotopic (exact) mass is 337 g/mol. The summed E-state index contributed by atoms with van der Waals surface area (Å²) in [7, 11) is 1.54. The first-order valence-electron chi connectivity index (χ1n) is 6.85. The number of carbonyl (C=O) groups is 1. The Bertz CT molecular complexity index is 707. The standard InChI is InChI=1S/C17H14F3NO3/c1-23-14-9-5-13(6-10-14)21-16(22)11-4-12-2-7-15(8-3-12)24-17(18,19)20/h2-11H,1H3,(H,21,22)/b11-4+. The lowest BCUT2D eigenvalue weighted by atomic mass is 10.2. The summed E-state index contributed by atoms with van der Waals surface area (Å²) >= 11 is 0. The van der Waals surface area contributed by atoms with E-state index < -0.39 is 6.36 Å². The second-order valence-corrected chi connectivity index (χ2v) is 4.67. The summed E-state index contributed by atoms with van der Waals surface area (Å²) in [4.78, 5) is 11.8. The molecule has 0 aliphatic rings. The van der Waals surface area contributed by atoms with Crippen molar-refractivity contribution in [3.63, 3.8) is 0 Å². The Hall–Kier alpha value is -2.96. The zero-order valence-electron chi connectivity index (χ0n) is 12.6. The summed E-state index contributed by atoms with van der Waals surface area (Å²) in [6.45, 7) is 0. The average Bonchev–Trinajstić information content (AvgIpc) is 2.53. The smallest absolute Gasteiger partial charge is 0.497 e. The first-order chi connectivity index (χ1) is 11.4. The molecule has 4 nitrogen and oxygen atoms in total. The van der Waals surface area contributed by atoms with Crippen LogP contribution in [0, 0.1) is 0 Å². The summed E-state index contributed by atoms with van der Waals surface area (Å²) < 4.78 is 44.9. The molecule has 0 fully saturated rings. The Morgan fingerprint density at radius 3 is 2.12 bits per heavy atom. The van der Waals surface area contributed by atoms with Gasteiger partial charge in [-0.3, -0.25) is 4.79 Å². The third-order valence-corrected chi connectivity index (χ3v) is 2.90. The Morgan fingerprint density at radius 1 is 1.00 bits per heavy atom. The Morgan fingerprint density at radius 2 is 1.58 bits per heavy atom. The molecule has 1 N–H and O–H groups in total. The number of methoxy groups -OCH3 is 1. The van der Waals surface area contributed by atoms with E-state index in [1.165, 1.54) is 36.4 Å². The van der Waals surface area contributed by atoms with E-state index in [1.807, 2.05) is 0 Å². The molecule has 126 valence electrons. The van der Waals surface area contributed by atoms with Crippen molar-refractivity contribution >= 4 is 17.7 Å². The van der Waals surface area contributed by atoms with Crippen molar-refractivity contribution < 1.29 is 27.4 Å². The average molecular weight is 337 g/mol. The van der Waals surface area contributed by atoms with Crippen LogP contribution in [0.5, 0.6) is 11.5 Å². The van der Waals surface area contributed by atoms with E-state index in [0.717, 1.165) is 0 Å². The third kappa shape index (κ3) is 5.68. The van der Waals surface area contributed by atoms with Gasteiger partial charge in [-0.15, -0.1) is 13.2 Å². The van der Waals surface area contributed by atoms with Gasteiger partial charge < -0.3 is 14.8 Å². The lowest BCUT2D eigenvalue weighted by molar-refractivity contribution is -0.274. The molecule has 0 aromatic heterocycles. The maximum Gasteiger partial charge on any atom is 0.573 e. The van der Waals surface area contributed by atoms with Crippen molar-refractivity contribution in [2.75, 3.05) is 12.4 Å². The van der Waals surface area contributed by atoms with E-state index in [2.05, 4.69) is 10.1 Å². The molecular formula is C17H14F3NO3. The van der Waals surface area contributed by atoms with Gasteiger partial charge in [0, 0.05) is 11.8 Å². The van der Waals surface area contributed by atoms with Crippen LogP contribution in [0.1, 0.15) is 5.56 Å². The van der Waals surface area contributed by atoms with Gasteiger partial charge in [0.25, 0.3) is 0 Å². The molecule has 0 aliphatic heterocycles. The van der Waals surface area contributed by atoms with Crippen LogP contribution in [0.2, 0.25) is 0 Å². The fraction of sp³-hybridized carbons (Fsp3) is 0.118. The van der Waals surface area contributed by atoms with Crippen LogP contribution >= 0.6 is 0 Å². The lowest BCUT2D eigenvalue weighted by Gasteiger charge is -2.08. The quantitative estimate of drug-likeness (QED) is 0.830. The molecule has 0 saturated carbocycles. The molecule has 0 heterocycles. The van der Waals surface area contributed by atoms with Crippen molar-refractivity contribution in [3.8, 4) is 11.5 Å². The highest BCUT2D eigenvalue weighted by Gasteiger charge is 2.30. The Labute approximate surface area is 136 Å². The maximum atomic E-state index is 12.1. The highest BCUT2D eigenvalue weighted by molar-refractivity contribution is 6.01. The van der Waals surface area contributed by atoms with Gasteiger partial charge in [-0.1, -0.05) is 12.1 Å². The van der Waals surface area contributed by atoms with E-state index in [-0.39, 0.29) is 11.7 Å². The van der Waals surface area contributed by atoms with Gasteiger partial charge in [-0.25, -0.2) is 0 Å². The minimum atomic E-state index is -4.73. The highest BCUT2D eigenvalue weighted by Crippen LogP contribution is 2.23. The molecule has 2 aromatic carbocycles. The number of hydrogen-bond acceptors (Lipinski definition) is 3. The van der Waals surface area contributed by atoms with Gasteiger partial charge in [0.1, 0.15) is 11.5 Å². The van der Waals surface area contributed by atoms with E-state index in [4.69, 9.17) is 4.74 Å². The molecule has 0 unspecified atom stereocenters. The van der Waals surface area contributed by atoms with Crippen molar-refractivity contribution in [1.82, 2.24) is 0 Å². The summed E-state index contributed by atoms with van der Waals surface area (Å²) in [5.41, 5.74) is 1.16. The normalized spacial score (nSPS) is 11.3. The minimum absolute atomic E-state index is 0.317. The van der Waals surface area contributed by atoms with Gasteiger partial charge >= 0.3 is 6.36 Å². The second kappa shape index (κ2) is 7.54. The molecular weight excluding hydrogens is 323 g/mol. The molecule has 1 amide bonds. The van der Waals surface area contributed by atoms with Gasteiger partial charge in [-0.2, -0.15) is 0 Å². The van der Waals surface area contributed by atoms with Crippen LogP contribution in [0.25, 0.3) is 6.08 Å². The van der Waals surface area contributed by atoms with Gasteiger partial charge in [0.2, 0.25) is 5.91 Å². The number of benzene rings is 2. The fourth-order valence-corrected chi connectivity index (χ4v) is 1.81. The number of halogens is 3. The SMILES string of the molecule is COc1ccc(NC(=O)/C=C/c2ccc(OC(F)(F)F)cc2)cc1. The summed E-state index contributed by atoms with van der Waals surface area (Å²) in [5, 5.41) is 2.65. The fourth-order valence-electron chi connectivity index (χ4n) is 1.81. The molecule has 2 rings (SSSR count). The molecule has 0 spiro atoms. The first kappa shape index (κ1) is 17.4. The molecule has 0 bridgehead atoms. The number of alkyl halides is 3. The maximum absolute atomic E-state index is 12.1.